The van der Waals surface area contributed by atoms with E-state index in [1.165, 1.54) is 6.07 Å². The van der Waals surface area contributed by atoms with Crippen molar-refractivity contribution in [3.05, 3.63) is 47.3 Å². The fourth-order valence-corrected chi connectivity index (χ4v) is 1.50. The van der Waals surface area contributed by atoms with Gasteiger partial charge in [-0.1, -0.05) is 29.8 Å². The van der Waals surface area contributed by atoms with Gasteiger partial charge in [-0.3, -0.25) is 0 Å². The minimum atomic E-state index is -0.426. The topological polar surface area (TPSA) is 23.8 Å². The molecule has 2 heteroatoms. The van der Waals surface area contributed by atoms with E-state index in [1.54, 1.807) is 12.1 Å². The summed E-state index contributed by atoms with van der Waals surface area (Å²) in [7, 11) is 0. The van der Waals surface area contributed by atoms with Gasteiger partial charge in [-0.2, -0.15) is 5.26 Å². The third-order valence-corrected chi connectivity index (χ3v) is 2.23. The fraction of sp³-hybridized carbons (Fsp3) is 0.0833. The molecule has 0 unspecified atom stereocenters. The number of nitrogens with zero attached hydrogens (tertiary/aromatic N) is 1. The van der Waals surface area contributed by atoms with Gasteiger partial charge in [-0.05, 0) is 18.4 Å². The second-order valence-corrected chi connectivity index (χ2v) is 3.26. The zero-order chi connectivity index (χ0) is 10.1. The van der Waals surface area contributed by atoms with Gasteiger partial charge in [-0.15, -0.1) is 0 Å². The highest BCUT2D eigenvalue weighted by molar-refractivity contribution is 5.85. The first-order chi connectivity index (χ1) is 6.72. The van der Waals surface area contributed by atoms with Crippen molar-refractivity contribution >= 4 is 10.8 Å². The molecule has 0 aromatic heterocycles. The molecule has 0 fully saturated rings. The second-order valence-electron chi connectivity index (χ2n) is 3.26. The smallest absolute Gasteiger partial charge is 0.148 e. The average Bonchev–Trinajstić information content (AvgIpc) is 2.18. The van der Waals surface area contributed by atoms with E-state index < -0.39 is 5.82 Å². The van der Waals surface area contributed by atoms with Crippen LogP contribution in [0.5, 0.6) is 0 Å². The van der Waals surface area contributed by atoms with Crippen LogP contribution in [-0.4, -0.2) is 0 Å². The van der Waals surface area contributed by atoms with Crippen LogP contribution in [0.2, 0.25) is 0 Å². The maximum absolute atomic E-state index is 13.6. The predicted molar refractivity (Wildman–Crippen MR) is 53.4 cm³/mol. The number of aryl methyl sites for hydroxylation is 1. The van der Waals surface area contributed by atoms with Crippen LogP contribution in [-0.2, 0) is 0 Å². The summed E-state index contributed by atoms with van der Waals surface area (Å²) < 4.78 is 13.6. The highest BCUT2D eigenvalue weighted by Crippen LogP contribution is 2.21. The molecule has 14 heavy (non-hydrogen) atoms. The number of nitriles is 1. The zero-order valence-corrected chi connectivity index (χ0v) is 7.71. The van der Waals surface area contributed by atoms with E-state index in [9.17, 15) is 4.39 Å². The number of rotatable bonds is 0. The lowest BCUT2D eigenvalue weighted by atomic mass is 10.0. The van der Waals surface area contributed by atoms with Crippen molar-refractivity contribution in [2.24, 2.45) is 0 Å². The molecule has 0 saturated heterocycles. The molecule has 1 nitrogen and oxygen atoms in total. The summed E-state index contributed by atoms with van der Waals surface area (Å²) in [6.07, 6.45) is 0. The largest absolute Gasteiger partial charge is 0.205 e. The molecular formula is C12H8FN. The average molecular weight is 185 g/mol. The van der Waals surface area contributed by atoms with Gasteiger partial charge in [-0.25, -0.2) is 4.39 Å². The monoisotopic (exact) mass is 185 g/mol. The lowest BCUT2D eigenvalue weighted by Gasteiger charge is -2.01. The highest BCUT2D eigenvalue weighted by Gasteiger charge is 2.05. The maximum atomic E-state index is 13.6. The van der Waals surface area contributed by atoms with E-state index in [2.05, 4.69) is 0 Å². The standard InChI is InChI=1S/C12H8FN/c1-8-2-5-11-9(6-8)3-4-10(7-14)12(11)13/h2-6H,1H3. The zero-order valence-electron chi connectivity index (χ0n) is 7.71. The molecular weight excluding hydrogens is 177 g/mol. The Kier molecular flexibility index (Phi) is 1.94. The van der Waals surface area contributed by atoms with Crippen molar-refractivity contribution in [1.29, 1.82) is 5.26 Å². The number of fused-ring (bicyclic) bond motifs is 1. The Hall–Kier alpha value is -1.88. The summed E-state index contributed by atoms with van der Waals surface area (Å²) in [5.74, 6) is -0.426. The van der Waals surface area contributed by atoms with Gasteiger partial charge in [0.15, 0.2) is 0 Å². The van der Waals surface area contributed by atoms with Crippen LogP contribution in [0, 0.1) is 24.1 Å². The molecule has 0 heterocycles. The Morgan fingerprint density at radius 1 is 1.21 bits per heavy atom. The Balaban J connectivity index is 2.85. The molecule has 0 bridgehead atoms. The predicted octanol–water partition coefficient (Wildman–Crippen LogP) is 3.16. The van der Waals surface area contributed by atoms with Crippen LogP contribution in [0.15, 0.2) is 30.3 Å². The molecule has 2 aromatic carbocycles. The molecule has 0 aliphatic rings. The van der Waals surface area contributed by atoms with Gasteiger partial charge in [0.25, 0.3) is 0 Å². The van der Waals surface area contributed by atoms with Gasteiger partial charge < -0.3 is 0 Å². The van der Waals surface area contributed by atoms with E-state index in [4.69, 9.17) is 5.26 Å². The van der Waals surface area contributed by atoms with Gasteiger partial charge in [0, 0.05) is 5.39 Å². The molecule has 2 aromatic rings. The van der Waals surface area contributed by atoms with E-state index in [0.29, 0.717) is 5.39 Å². The lowest BCUT2D eigenvalue weighted by Crippen LogP contribution is -1.86. The third-order valence-electron chi connectivity index (χ3n) is 2.23. The highest BCUT2D eigenvalue weighted by atomic mass is 19.1. The van der Waals surface area contributed by atoms with E-state index in [1.807, 2.05) is 25.1 Å². The van der Waals surface area contributed by atoms with E-state index in [-0.39, 0.29) is 5.56 Å². The summed E-state index contributed by atoms with van der Waals surface area (Å²) in [5.41, 5.74) is 1.18. The van der Waals surface area contributed by atoms with Gasteiger partial charge in [0.2, 0.25) is 0 Å². The van der Waals surface area contributed by atoms with Gasteiger partial charge in [0.05, 0.1) is 5.56 Å². The second kappa shape index (κ2) is 3.12. The number of hydrogen-bond acceptors (Lipinski definition) is 1. The fourth-order valence-electron chi connectivity index (χ4n) is 1.50. The quantitative estimate of drug-likeness (QED) is 0.618. The Bertz CT molecular complexity index is 538. The summed E-state index contributed by atoms with van der Waals surface area (Å²) in [6, 6.07) is 10.6. The lowest BCUT2D eigenvalue weighted by molar-refractivity contribution is 0.636. The molecule has 0 radical (unpaired) electrons. The molecule has 0 aliphatic carbocycles. The number of hydrogen-bond donors (Lipinski definition) is 0. The minimum Gasteiger partial charge on any atom is -0.205 e. The minimum absolute atomic E-state index is 0.0985. The summed E-state index contributed by atoms with van der Waals surface area (Å²) in [5, 5.41) is 9.99. The maximum Gasteiger partial charge on any atom is 0.148 e. The molecule has 0 spiro atoms. The summed E-state index contributed by atoms with van der Waals surface area (Å²) in [6.45, 7) is 1.95. The summed E-state index contributed by atoms with van der Waals surface area (Å²) >= 11 is 0. The molecule has 68 valence electrons. The SMILES string of the molecule is Cc1ccc2c(F)c(C#N)ccc2c1. The summed E-state index contributed by atoms with van der Waals surface area (Å²) in [4.78, 5) is 0. The van der Waals surface area contributed by atoms with Crippen LogP contribution >= 0.6 is 0 Å². The van der Waals surface area contributed by atoms with E-state index >= 15 is 0 Å². The van der Waals surface area contributed by atoms with Crippen LogP contribution in [0.3, 0.4) is 0 Å². The molecule has 0 atom stereocenters. The normalized spacial score (nSPS) is 10.1. The Labute approximate surface area is 81.4 Å². The van der Waals surface area contributed by atoms with Crippen molar-refractivity contribution < 1.29 is 4.39 Å². The third kappa shape index (κ3) is 1.23. The van der Waals surface area contributed by atoms with Crippen LogP contribution in [0.4, 0.5) is 4.39 Å². The van der Waals surface area contributed by atoms with Crippen molar-refractivity contribution in [3.63, 3.8) is 0 Å². The molecule has 2 rings (SSSR count). The Morgan fingerprint density at radius 3 is 2.71 bits per heavy atom. The van der Waals surface area contributed by atoms with Crippen LogP contribution in [0.25, 0.3) is 10.8 Å². The van der Waals surface area contributed by atoms with Crippen LogP contribution in [0.1, 0.15) is 11.1 Å². The number of halogens is 1. The molecule has 0 amide bonds. The van der Waals surface area contributed by atoms with Gasteiger partial charge in [0.1, 0.15) is 11.9 Å². The first-order valence-corrected chi connectivity index (χ1v) is 4.31. The van der Waals surface area contributed by atoms with Crippen molar-refractivity contribution in [2.75, 3.05) is 0 Å². The molecule has 0 N–H and O–H groups in total. The van der Waals surface area contributed by atoms with Gasteiger partial charge >= 0.3 is 0 Å². The van der Waals surface area contributed by atoms with Crippen molar-refractivity contribution in [1.82, 2.24) is 0 Å². The molecule has 0 aliphatic heterocycles. The molecule has 0 saturated carbocycles. The van der Waals surface area contributed by atoms with Crippen molar-refractivity contribution in [2.45, 2.75) is 6.92 Å². The first kappa shape index (κ1) is 8.71. The van der Waals surface area contributed by atoms with Crippen LogP contribution < -0.4 is 0 Å². The number of benzene rings is 2. The first-order valence-electron chi connectivity index (χ1n) is 4.31. The van der Waals surface area contributed by atoms with E-state index in [0.717, 1.165) is 10.9 Å². The van der Waals surface area contributed by atoms with Crippen molar-refractivity contribution in [3.8, 4) is 6.07 Å². The Morgan fingerprint density at radius 2 is 2.00 bits per heavy atom.